The quantitative estimate of drug-likeness (QED) is 0.623. The molecule has 0 atom stereocenters. The van der Waals surface area contributed by atoms with Crippen molar-refractivity contribution < 1.29 is 17.9 Å². The van der Waals surface area contributed by atoms with E-state index in [1.54, 1.807) is 30.1 Å². The van der Waals surface area contributed by atoms with E-state index in [1.165, 1.54) is 4.31 Å². The van der Waals surface area contributed by atoms with E-state index in [1.807, 2.05) is 38.1 Å². The van der Waals surface area contributed by atoms with E-state index >= 15 is 0 Å². The number of likely N-dealkylation sites (N-methyl/N-ethyl adjacent to an activating group) is 1. The Morgan fingerprint density at radius 2 is 1.84 bits per heavy atom. The largest absolute Gasteiger partial charge is 0.490 e. The monoisotopic (exact) mass is 464 g/mol. The number of piperidine rings is 1. The van der Waals surface area contributed by atoms with Crippen LogP contribution in [0, 0.1) is 19.8 Å². The fourth-order valence-corrected chi connectivity index (χ4v) is 5.71. The lowest BCUT2D eigenvalue weighted by atomic mass is 9.97. The van der Waals surface area contributed by atoms with Gasteiger partial charge in [-0.15, -0.1) is 0 Å². The second-order valence-electron chi connectivity index (χ2n) is 7.99. The zero-order valence-corrected chi connectivity index (χ0v) is 19.7. The Bertz CT molecular complexity index is 1030. The molecule has 1 fully saturated rings. The van der Waals surface area contributed by atoms with E-state index in [0.717, 1.165) is 11.1 Å². The normalized spacial score (nSPS) is 15.6. The first kappa shape index (κ1) is 23.6. The van der Waals surface area contributed by atoms with Gasteiger partial charge < -0.3 is 9.64 Å². The zero-order chi connectivity index (χ0) is 22.6. The van der Waals surface area contributed by atoms with Gasteiger partial charge in [0, 0.05) is 26.1 Å². The van der Waals surface area contributed by atoms with E-state index in [4.69, 9.17) is 16.3 Å². The van der Waals surface area contributed by atoms with Gasteiger partial charge in [0.15, 0.2) is 0 Å². The van der Waals surface area contributed by atoms with E-state index in [2.05, 4.69) is 0 Å². The molecule has 168 valence electrons. The number of halogens is 1. The summed E-state index contributed by atoms with van der Waals surface area (Å²) in [4.78, 5) is 14.8. The lowest BCUT2D eigenvalue weighted by molar-refractivity contribution is -0.135. The molecule has 0 spiro atoms. The number of carbonyl (C=O) groups is 1. The average molecular weight is 465 g/mol. The van der Waals surface area contributed by atoms with Crippen LogP contribution in [0.3, 0.4) is 0 Å². The summed E-state index contributed by atoms with van der Waals surface area (Å²) in [6.45, 7) is 5.22. The molecule has 0 aromatic heterocycles. The Morgan fingerprint density at radius 1 is 1.16 bits per heavy atom. The van der Waals surface area contributed by atoms with Crippen molar-refractivity contribution in [2.45, 2.75) is 31.6 Å². The fraction of sp³-hybridized carbons (Fsp3) is 0.435. The van der Waals surface area contributed by atoms with Gasteiger partial charge in [0.1, 0.15) is 12.4 Å². The molecule has 2 aromatic carbocycles. The number of benzene rings is 2. The SMILES string of the molecule is Cc1ccc(S(=O)(=O)N2CCC(C(=O)N(C)CCOc3ccccc3Cl)CC2)c(C)c1. The minimum absolute atomic E-state index is 0.0197. The summed E-state index contributed by atoms with van der Waals surface area (Å²) in [5, 5.41) is 0.536. The summed E-state index contributed by atoms with van der Waals surface area (Å²) in [5.41, 5.74) is 1.78. The van der Waals surface area contributed by atoms with Crippen LogP contribution < -0.4 is 4.74 Å². The number of hydrogen-bond acceptors (Lipinski definition) is 4. The third-order valence-electron chi connectivity index (χ3n) is 5.65. The molecule has 0 aliphatic carbocycles. The molecule has 8 heteroatoms. The summed E-state index contributed by atoms with van der Waals surface area (Å²) < 4.78 is 33.2. The van der Waals surface area contributed by atoms with E-state index < -0.39 is 10.0 Å². The smallest absolute Gasteiger partial charge is 0.243 e. The summed E-state index contributed by atoms with van der Waals surface area (Å²) >= 11 is 6.08. The molecule has 6 nitrogen and oxygen atoms in total. The number of sulfonamides is 1. The van der Waals surface area contributed by atoms with Crippen LogP contribution in [-0.2, 0) is 14.8 Å². The van der Waals surface area contributed by atoms with Crippen molar-refractivity contribution in [1.82, 2.24) is 9.21 Å². The molecule has 1 amide bonds. The van der Waals surface area contributed by atoms with Crippen molar-refractivity contribution >= 4 is 27.5 Å². The number of nitrogens with zero attached hydrogens (tertiary/aromatic N) is 2. The summed E-state index contributed by atoms with van der Waals surface area (Å²) in [5.74, 6) is 0.428. The first-order chi connectivity index (χ1) is 14.7. The van der Waals surface area contributed by atoms with Crippen molar-refractivity contribution in [3.63, 3.8) is 0 Å². The second-order valence-corrected chi connectivity index (χ2v) is 10.3. The molecule has 1 heterocycles. The Kier molecular flexibility index (Phi) is 7.62. The number of para-hydroxylation sites is 1. The topological polar surface area (TPSA) is 66.9 Å². The van der Waals surface area contributed by atoms with Crippen molar-refractivity contribution in [2.24, 2.45) is 5.92 Å². The van der Waals surface area contributed by atoms with Crippen LogP contribution >= 0.6 is 11.6 Å². The predicted octanol–water partition coefficient (Wildman–Crippen LogP) is 3.89. The molecule has 0 N–H and O–H groups in total. The second kappa shape index (κ2) is 10.0. The van der Waals surface area contributed by atoms with Crippen LogP contribution in [0.4, 0.5) is 0 Å². The molecular weight excluding hydrogens is 436 g/mol. The highest BCUT2D eigenvalue weighted by Crippen LogP contribution is 2.27. The first-order valence-electron chi connectivity index (χ1n) is 10.4. The molecule has 0 bridgehead atoms. The lowest BCUT2D eigenvalue weighted by Crippen LogP contribution is -2.44. The molecule has 1 aliphatic rings. The molecule has 2 aromatic rings. The zero-order valence-electron chi connectivity index (χ0n) is 18.2. The van der Waals surface area contributed by atoms with Crippen LogP contribution in [0.2, 0.25) is 5.02 Å². The summed E-state index contributed by atoms with van der Waals surface area (Å²) in [6, 6.07) is 12.6. The third-order valence-corrected chi connectivity index (χ3v) is 8.02. The van der Waals surface area contributed by atoms with E-state index in [-0.39, 0.29) is 11.8 Å². The number of rotatable bonds is 7. The maximum absolute atomic E-state index is 13.0. The summed E-state index contributed by atoms with van der Waals surface area (Å²) in [6.07, 6.45) is 1.03. The van der Waals surface area contributed by atoms with Crippen molar-refractivity contribution in [3.05, 3.63) is 58.6 Å². The fourth-order valence-electron chi connectivity index (χ4n) is 3.85. The maximum Gasteiger partial charge on any atom is 0.243 e. The van der Waals surface area contributed by atoms with Gasteiger partial charge in [0.05, 0.1) is 16.5 Å². The standard InChI is InChI=1S/C23H29ClN2O4S/c1-17-8-9-22(18(2)16-17)31(28,29)26-12-10-19(11-13-26)23(27)25(3)14-15-30-21-7-5-4-6-20(21)24/h4-9,16,19H,10-15H2,1-3H3. The highest BCUT2D eigenvalue weighted by atomic mass is 35.5. The van der Waals surface area contributed by atoms with Gasteiger partial charge in [-0.1, -0.05) is 41.4 Å². The van der Waals surface area contributed by atoms with Crippen LogP contribution in [0.15, 0.2) is 47.4 Å². The van der Waals surface area contributed by atoms with E-state index in [9.17, 15) is 13.2 Å². The number of aryl methyl sites for hydroxylation is 2. The number of amides is 1. The number of carbonyl (C=O) groups excluding carboxylic acids is 1. The van der Waals surface area contributed by atoms with Crippen molar-refractivity contribution in [2.75, 3.05) is 33.3 Å². The van der Waals surface area contributed by atoms with Gasteiger partial charge in [-0.3, -0.25) is 4.79 Å². The van der Waals surface area contributed by atoms with Gasteiger partial charge >= 0.3 is 0 Å². The van der Waals surface area contributed by atoms with Crippen LogP contribution in [0.1, 0.15) is 24.0 Å². The average Bonchev–Trinajstić information content (AvgIpc) is 2.74. The van der Waals surface area contributed by atoms with Crippen LogP contribution in [0.5, 0.6) is 5.75 Å². The Labute approximate surface area is 189 Å². The summed E-state index contributed by atoms with van der Waals surface area (Å²) in [7, 11) is -1.80. The lowest BCUT2D eigenvalue weighted by Gasteiger charge is -2.32. The highest BCUT2D eigenvalue weighted by molar-refractivity contribution is 7.89. The third kappa shape index (κ3) is 5.59. The Balaban J connectivity index is 1.52. The molecule has 0 radical (unpaired) electrons. The van der Waals surface area contributed by atoms with Gasteiger partial charge in [-0.05, 0) is 50.5 Å². The van der Waals surface area contributed by atoms with Gasteiger partial charge in [0.2, 0.25) is 15.9 Å². The number of hydrogen-bond donors (Lipinski definition) is 0. The van der Waals surface area contributed by atoms with Gasteiger partial charge in [-0.25, -0.2) is 8.42 Å². The molecule has 0 unspecified atom stereocenters. The predicted molar refractivity (Wildman–Crippen MR) is 122 cm³/mol. The molecular formula is C23H29ClN2O4S. The molecule has 31 heavy (non-hydrogen) atoms. The van der Waals surface area contributed by atoms with Crippen molar-refractivity contribution in [3.8, 4) is 5.75 Å². The molecule has 0 saturated carbocycles. The molecule has 1 aliphatic heterocycles. The van der Waals surface area contributed by atoms with Gasteiger partial charge in [-0.2, -0.15) is 4.31 Å². The van der Waals surface area contributed by atoms with Crippen LogP contribution in [0.25, 0.3) is 0 Å². The highest BCUT2D eigenvalue weighted by Gasteiger charge is 2.33. The van der Waals surface area contributed by atoms with Crippen LogP contribution in [-0.4, -0.2) is 56.8 Å². The minimum Gasteiger partial charge on any atom is -0.490 e. The number of ether oxygens (including phenoxy) is 1. The Morgan fingerprint density at radius 3 is 2.48 bits per heavy atom. The minimum atomic E-state index is -3.55. The molecule has 3 rings (SSSR count). The first-order valence-corrected chi connectivity index (χ1v) is 12.2. The molecule has 1 saturated heterocycles. The van der Waals surface area contributed by atoms with E-state index in [0.29, 0.717) is 54.8 Å². The van der Waals surface area contributed by atoms with Crippen molar-refractivity contribution in [1.29, 1.82) is 0 Å². The Hall–Kier alpha value is -2.09. The maximum atomic E-state index is 13.0. The van der Waals surface area contributed by atoms with Gasteiger partial charge in [0.25, 0.3) is 0 Å².